The predicted molar refractivity (Wildman–Crippen MR) is 110 cm³/mol. The SMILES string of the molecule is Cc1sc(NC(=O)C2CC2)c(C(=O)O[C@H](C)C(=O)Nc2ccc(Cl)cc2)c1C. The fourth-order valence-electron chi connectivity index (χ4n) is 2.57. The molecule has 3 rings (SSSR count). The van der Waals surface area contributed by atoms with Crippen molar-refractivity contribution in [2.45, 2.75) is 39.7 Å². The molecule has 0 saturated heterocycles. The molecule has 2 aromatic rings. The van der Waals surface area contributed by atoms with Crippen LogP contribution >= 0.6 is 22.9 Å². The lowest BCUT2D eigenvalue weighted by molar-refractivity contribution is -0.123. The molecule has 1 atom stereocenters. The van der Waals surface area contributed by atoms with Gasteiger partial charge in [0.05, 0.1) is 5.56 Å². The summed E-state index contributed by atoms with van der Waals surface area (Å²) < 4.78 is 5.36. The minimum atomic E-state index is -1.00. The second-order valence-electron chi connectivity index (χ2n) is 6.79. The molecule has 1 saturated carbocycles. The van der Waals surface area contributed by atoms with Gasteiger partial charge in [-0.2, -0.15) is 0 Å². The molecule has 8 heteroatoms. The van der Waals surface area contributed by atoms with E-state index in [1.54, 1.807) is 31.2 Å². The van der Waals surface area contributed by atoms with Crippen molar-refractivity contribution in [3.8, 4) is 0 Å². The zero-order valence-electron chi connectivity index (χ0n) is 15.8. The van der Waals surface area contributed by atoms with Gasteiger partial charge in [-0.3, -0.25) is 9.59 Å². The number of benzene rings is 1. The van der Waals surface area contributed by atoms with Gasteiger partial charge in [0.1, 0.15) is 5.00 Å². The molecule has 1 aliphatic rings. The lowest BCUT2D eigenvalue weighted by atomic mass is 10.1. The summed E-state index contributed by atoms with van der Waals surface area (Å²) >= 11 is 7.16. The average Bonchev–Trinajstić information content (AvgIpc) is 3.44. The Morgan fingerprint density at radius 3 is 2.39 bits per heavy atom. The lowest BCUT2D eigenvalue weighted by Gasteiger charge is -2.14. The number of aryl methyl sites for hydroxylation is 1. The molecule has 0 unspecified atom stereocenters. The van der Waals surface area contributed by atoms with Crippen molar-refractivity contribution in [2.24, 2.45) is 5.92 Å². The number of carbonyl (C=O) groups is 3. The molecule has 0 radical (unpaired) electrons. The summed E-state index contributed by atoms with van der Waals surface area (Å²) in [5.41, 5.74) is 1.60. The number of anilines is 2. The van der Waals surface area contributed by atoms with E-state index in [-0.39, 0.29) is 11.8 Å². The Balaban J connectivity index is 1.68. The van der Waals surface area contributed by atoms with E-state index < -0.39 is 18.0 Å². The predicted octanol–water partition coefficient (Wildman–Crippen LogP) is 4.55. The van der Waals surface area contributed by atoms with Gasteiger partial charge in [-0.1, -0.05) is 11.6 Å². The van der Waals surface area contributed by atoms with Gasteiger partial charge in [0, 0.05) is 21.5 Å². The molecular formula is C20H21ClN2O4S. The minimum absolute atomic E-state index is 0.0238. The number of thiophene rings is 1. The molecule has 0 bridgehead atoms. The van der Waals surface area contributed by atoms with Crippen LogP contribution in [0.25, 0.3) is 0 Å². The first-order valence-corrected chi connectivity index (χ1v) is 10.1. The molecular weight excluding hydrogens is 400 g/mol. The van der Waals surface area contributed by atoms with Crippen LogP contribution in [0.15, 0.2) is 24.3 Å². The zero-order valence-corrected chi connectivity index (χ0v) is 17.4. The molecule has 148 valence electrons. The average molecular weight is 421 g/mol. The number of halogens is 1. The van der Waals surface area contributed by atoms with Gasteiger partial charge in [-0.15, -0.1) is 11.3 Å². The second-order valence-corrected chi connectivity index (χ2v) is 8.46. The molecule has 1 heterocycles. The first kappa shape index (κ1) is 20.4. The molecule has 28 heavy (non-hydrogen) atoms. The van der Waals surface area contributed by atoms with Gasteiger partial charge >= 0.3 is 5.97 Å². The largest absolute Gasteiger partial charge is 0.449 e. The molecule has 1 aromatic heterocycles. The van der Waals surface area contributed by atoms with E-state index in [0.717, 1.165) is 23.3 Å². The summed E-state index contributed by atoms with van der Waals surface area (Å²) in [6.45, 7) is 5.17. The summed E-state index contributed by atoms with van der Waals surface area (Å²) in [4.78, 5) is 38.1. The van der Waals surface area contributed by atoms with E-state index in [0.29, 0.717) is 21.3 Å². The van der Waals surface area contributed by atoms with Crippen molar-refractivity contribution in [1.82, 2.24) is 0 Å². The molecule has 2 amide bonds. The van der Waals surface area contributed by atoms with Crippen LogP contribution in [0.5, 0.6) is 0 Å². The molecule has 1 aromatic carbocycles. The Hall–Kier alpha value is -2.38. The first-order chi connectivity index (χ1) is 13.3. The van der Waals surface area contributed by atoms with Gasteiger partial charge < -0.3 is 15.4 Å². The topological polar surface area (TPSA) is 84.5 Å². The van der Waals surface area contributed by atoms with Crippen LogP contribution in [0.4, 0.5) is 10.7 Å². The number of esters is 1. The monoisotopic (exact) mass is 420 g/mol. The third-order valence-corrected chi connectivity index (χ3v) is 5.91. The van der Waals surface area contributed by atoms with Crippen molar-refractivity contribution in [2.75, 3.05) is 10.6 Å². The molecule has 1 aliphatic carbocycles. The van der Waals surface area contributed by atoms with Crippen molar-refractivity contribution in [3.05, 3.63) is 45.3 Å². The van der Waals surface area contributed by atoms with E-state index in [9.17, 15) is 14.4 Å². The van der Waals surface area contributed by atoms with E-state index in [1.807, 2.05) is 6.92 Å². The number of ether oxygens (including phenoxy) is 1. The Labute approximate surface area is 172 Å². The maximum absolute atomic E-state index is 12.7. The Morgan fingerprint density at radius 2 is 1.79 bits per heavy atom. The van der Waals surface area contributed by atoms with Crippen LogP contribution in [0.3, 0.4) is 0 Å². The van der Waals surface area contributed by atoms with Crippen LogP contribution in [0, 0.1) is 19.8 Å². The second kappa shape index (κ2) is 8.32. The number of hydrogen-bond acceptors (Lipinski definition) is 5. The number of nitrogens with one attached hydrogen (secondary N) is 2. The van der Waals surface area contributed by atoms with E-state index >= 15 is 0 Å². The maximum Gasteiger partial charge on any atom is 0.342 e. The summed E-state index contributed by atoms with van der Waals surface area (Å²) in [6.07, 6.45) is 0.739. The van der Waals surface area contributed by atoms with Gasteiger partial charge in [-0.05, 0) is 63.4 Å². The zero-order chi connectivity index (χ0) is 20.4. The Bertz CT molecular complexity index is 919. The quantitative estimate of drug-likeness (QED) is 0.671. The van der Waals surface area contributed by atoms with E-state index in [4.69, 9.17) is 16.3 Å². The van der Waals surface area contributed by atoms with Gasteiger partial charge in [-0.25, -0.2) is 4.79 Å². The van der Waals surface area contributed by atoms with Crippen LogP contribution < -0.4 is 10.6 Å². The van der Waals surface area contributed by atoms with Crippen molar-refractivity contribution < 1.29 is 19.1 Å². The third-order valence-electron chi connectivity index (χ3n) is 4.54. The molecule has 0 spiro atoms. The molecule has 2 N–H and O–H groups in total. The third kappa shape index (κ3) is 4.72. The van der Waals surface area contributed by atoms with E-state index in [1.165, 1.54) is 18.3 Å². The summed E-state index contributed by atoms with van der Waals surface area (Å²) in [5.74, 6) is -1.14. The summed E-state index contributed by atoms with van der Waals surface area (Å²) in [7, 11) is 0. The van der Waals surface area contributed by atoms with Gasteiger partial charge in [0.15, 0.2) is 6.10 Å². The number of carbonyl (C=O) groups excluding carboxylic acids is 3. The van der Waals surface area contributed by atoms with Crippen molar-refractivity contribution >= 4 is 51.4 Å². The molecule has 0 aliphatic heterocycles. The number of hydrogen-bond donors (Lipinski definition) is 2. The fourth-order valence-corrected chi connectivity index (χ4v) is 3.75. The maximum atomic E-state index is 12.7. The fraction of sp³-hybridized carbons (Fsp3) is 0.350. The van der Waals surface area contributed by atoms with Gasteiger partial charge in [0.2, 0.25) is 5.91 Å². The van der Waals surface area contributed by atoms with Gasteiger partial charge in [0.25, 0.3) is 5.91 Å². The summed E-state index contributed by atoms with van der Waals surface area (Å²) in [5, 5.41) is 6.53. The lowest BCUT2D eigenvalue weighted by Crippen LogP contribution is -2.30. The van der Waals surface area contributed by atoms with E-state index in [2.05, 4.69) is 10.6 Å². The molecule has 6 nitrogen and oxygen atoms in total. The highest BCUT2D eigenvalue weighted by molar-refractivity contribution is 7.16. The van der Waals surface area contributed by atoms with Crippen molar-refractivity contribution in [3.63, 3.8) is 0 Å². The number of rotatable bonds is 6. The normalized spacial score (nSPS) is 14.3. The van der Waals surface area contributed by atoms with Crippen LogP contribution in [0.1, 0.15) is 40.6 Å². The first-order valence-electron chi connectivity index (χ1n) is 8.94. The Morgan fingerprint density at radius 1 is 1.14 bits per heavy atom. The van der Waals surface area contributed by atoms with Crippen LogP contribution in [-0.2, 0) is 14.3 Å². The highest BCUT2D eigenvalue weighted by Gasteiger charge is 2.32. The Kier molecular flexibility index (Phi) is 6.05. The smallest absolute Gasteiger partial charge is 0.342 e. The summed E-state index contributed by atoms with van der Waals surface area (Å²) in [6, 6.07) is 6.62. The molecule has 1 fully saturated rings. The van der Waals surface area contributed by atoms with Crippen LogP contribution in [0.2, 0.25) is 5.02 Å². The van der Waals surface area contributed by atoms with Crippen molar-refractivity contribution in [1.29, 1.82) is 0 Å². The van der Waals surface area contributed by atoms with Crippen LogP contribution in [-0.4, -0.2) is 23.9 Å². The standard InChI is InChI=1S/C20H21ClN2O4S/c1-10-12(3)28-19(23-18(25)13-4-5-13)16(10)20(26)27-11(2)17(24)22-15-8-6-14(21)7-9-15/h6-9,11,13H,4-5H2,1-3H3,(H,22,24)(H,23,25)/t11-/m1/s1. The highest BCUT2D eigenvalue weighted by atomic mass is 35.5. The minimum Gasteiger partial charge on any atom is -0.449 e. The number of amides is 2. The highest BCUT2D eigenvalue weighted by Crippen LogP contribution is 2.36.